The number of carbonyl (C=O) groups excluding carboxylic acids is 1. The molecule has 21 heavy (non-hydrogen) atoms. The van der Waals surface area contributed by atoms with Gasteiger partial charge in [-0.15, -0.1) is 0 Å². The van der Waals surface area contributed by atoms with Gasteiger partial charge in [0.25, 0.3) is 0 Å². The lowest BCUT2D eigenvalue weighted by molar-refractivity contribution is -0.150. The van der Waals surface area contributed by atoms with Crippen LogP contribution in [0.5, 0.6) is 0 Å². The van der Waals surface area contributed by atoms with Gasteiger partial charge in [0, 0.05) is 13.1 Å². The number of amides is 1. The SMILES string of the molecule is C[C@@H]1CN(C(=O)C2(NS(C)(=O)=O)CCCCC2)C[C@H](C)O1. The third kappa shape index (κ3) is 4.17. The minimum atomic E-state index is -3.42. The van der Waals surface area contributed by atoms with Gasteiger partial charge in [-0.05, 0) is 26.7 Å². The van der Waals surface area contributed by atoms with Crippen molar-refractivity contribution in [2.24, 2.45) is 0 Å². The molecule has 0 bridgehead atoms. The zero-order valence-corrected chi connectivity index (χ0v) is 13.9. The van der Waals surface area contributed by atoms with Crippen molar-refractivity contribution < 1.29 is 17.9 Å². The molecule has 7 heteroatoms. The molecule has 1 amide bonds. The molecule has 0 spiro atoms. The highest BCUT2D eigenvalue weighted by Crippen LogP contribution is 2.31. The molecule has 122 valence electrons. The summed E-state index contributed by atoms with van der Waals surface area (Å²) in [5.74, 6) is -0.0883. The van der Waals surface area contributed by atoms with Crippen LogP contribution in [0.4, 0.5) is 0 Å². The Kier molecular flexibility index (Phi) is 4.95. The average molecular weight is 318 g/mol. The van der Waals surface area contributed by atoms with E-state index in [2.05, 4.69) is 4.72 Å². The van der Waals surface area contributed by atoms with Crippen LogP contribution in [-0.2, 0) is 19.6 Å². The smallest absolute Gasteiger partial charge is 0.244 e. The van der Waals surface area contributed by atoms with Gasteiger partial charge in [0.15, 0.2) is 0 Å². The van der Waals surface area contributed by atoms with Crippen LogP contribution in [0.3, 0.4) is 0 Å². The molecule has 0 radical (unpaired) electrons. The molecule has 6 nitrogen and oxygen atoms in total. The second-order valence-corrected chi connectivity index (χ2v) is 8.23. The zero-order valence-electron chi connectivity index (χ0n) is 13.1. The Labute approximate surface area is 127 Å². The highest BCUT2D eigenvalue weighted by Gasteiger charge is 2.45. The van der Waals surface area contributed by atoms with Crippen LogP contribution in [0.1, 0.15) is 46.0 Å². The van der Waals surface area contributed by atoms with Gasteiger partial charge in [0.1, 0.15) is 5.54 Å². The Balaban J connectivity index is 2.21. The maximum atomic E-state index is 13.0. The molecule has 2 atom stereocenters. The van der Waals surface area contributed by atoms with E-state index in [1.807, 2.05) is 13.8 Å². The van der Waals surface area contributed by atoms with Gasteiger partial charge < -0.3 is 9.64 Å². The molecule has 0 aromatic rings. The second-order valence-electron chi connectivity index (χ2n) is 6.48. The fraction of sp³-hybridized carbons (Fsp3) is 0.929. The van der Waals surface area contributed by atoms with Gasteiger partial charge in [0.05, 0.1) is 18.5 Å². The first kappa shape index (κ1) is 16.7. The Bertz CT molecular complexity index is 475. The summed E-state index contributed by atoms with van der Waals surface area (Å²) >= 11 is 0. The van der Waals surface area contributed by atoms with E-state index in [0.717, 1.165) is 25.5 Å². The first-order chi connectivity index (χ1) is 9.72. The van der Waals surface area contributed by atoms with Gasteiger partial charge in [-0.2, -0.15) is 4.72 Å². The Hall–Kier alpha value is -0.660. The lowest BCUT2D eigenvalue weighted by atomic mass is 9.81. The van der Waals surface area contributed by atoms with Crippen molar-refractivity contribution in [1.29, 1.82) is 0 Å². The lowest BCUT2D eigenvalue weighted by Gasteiger charge is -2.43. The Morgan fingerprint density at radius 1 is 1.14 bits per heavy atom. The summed E-state index contributed by atoms with van der Waals surface area (Å²) in [4.78, 5) is 14.8. The summed E-state index contributed by atoms with van der Waals surface area (Å²) in [5, 5.41) is 0. The number of nitrogens with one attached hydrogen (secondary N) is 1. The fourth-order valence-electron chi connectivity index (χ4n) is 3.52. The molecule has 1 N–H and O–H groups in total. The van der Waals surface area contributed by atoms with Crippen molar-refractivity contribution in [3.8, 4) is 0 Å². The lowest BCUT2D eigenvalue weighted by Crippen LogP contribution is -2.63. The predicted molar refractivity (Wildman–Crippen MR) is 80.4 cm³/mol. The topological polar surface area (TPSA) is 75.7 Å². The molecule has 2 fully saturated rings. The minimum Gasteiger partial charge on any atom is -0.372 e. The van der Waals surface area contributed by atoms with Gasteiger partial charge in [-0.1, -0.05) is 19.3 Å². The molecular formula is C14H26N2O4S. The largest absolute Gasteiger partial charge is 0.372 e. The number of hydrogen-bond acceptors (Lipinski definition) is 4. The molecule has 1 saturated heterocycles. The van der Waals surface area contributed by atoms with E-state index in [0.29, 0.717) is 25.9 Å². The third-order valence-electron chi connectivity index (χ3n) is 4.20. The van der Waals surface area contributed by atoms with Crippen LogP contribution in [0.2, 0.25) is 0 Å². The first-order valence-corrected chi connectivity index (χ1v) is 9.55. The van der Waals surface area contributed by atoms with Crippen molar-refractivity contribution in [2.45, 2.75) is 63.7 Å². The number of nitrogens with zero attached hydrogens (tertiary/aromatic N) is 1. The van der Waals surface area contributed by atoms with Gasteiger partial charge in [-0.3, -0.25) is 4.79 Å². The van der Waals surface area contributed by atoms with Gasteiger partial charge >= 0.3 is 0 Å². The molecule has 1 heterocycles. The number of ether oxygens (including phenoxy) is 1. The fourth-order valence-corrected chi connectivity index (χ4v) is 4.52. The van der Waals surface area contributed by atoms with Gasteiger partial charge in [0.2, 0.25) is 15.9 Å². The first-order valence-electron chi connectivity index (χ1n) is 7.66. The summed E-state index contributed by atoms with van der Waals surface area (Å²) in [6.45, 7) is 4.92. The summed E-state index contributed by atoms with van der Waals surface area (Å²) in [6.07, 6.45) is 5.07. The van der Waals surface area contributed by atoms with E-state index in [1.54, 1.807) is 4.90 Å². The zero-order chi connectivity index (χ0) is 15.7. The quantitative estimate of drug-likeness (QED) is 0.838. The van der Waals surface area contributed by atoms with E-state index < -0.39 is 15.6 Å². The molecular weight excluding hydrogens is 292 g/mol. The third-order valence-corrected chi connectivity index (χ3v) is 4.97. The molecule has 2 aliphatic rings. The number of sulfonamides is 1. The van der Waals surface area contributed by atoms with Crippen molar-refractivity contribution in [3.63, 3.8) is 0 Å². The van der Waals surface area contributed by atoms with Crippen LogP contribution in [0, 0.1) is 0 Å². The van der Waals surface area contributed by atoms with E-state index >= 15 is 0 Å². The van der Waals surface area contributed by atoms with E-state index in [4.69, 9.17) is 4.74 Å². The summed E-state index contributed by atoms with van der Waals surface area (Å²) < 4.78 is 31.7. The van der Waals surface area contributed by atoms with Gasteiger partial charge in [-0.25, -0.2) is 8.42 Å². The molecule has 0 unspecified atom stereocenters. The number of hydrogen-bond donors (Lipinski definition) is 1. The average Bonchev–Trinajstić information content (AvgIpc) is 2.35. The second kappa shape index (κ2) is 6.22. The summed E-state index contributed by atoms with van der Waals surface area (Å²) in [5.41, 5.74) is -0.956. The van der Waals surface area contributed by atoms with Crippen molar-refractivity contribution in [3.05, 3.63) is 0 Å². The Morgan fingerprint density at radius 2 is 1.67 bits per heavy atom. The predicted octanol–water partition coefficient (Wildman–Crippen LogP) is 0.874. The van der Waals surface area contributed by atoms with Crippen LogP contribution in [-0.4, -0.2) is 56.3 Å². The molecule has 1 aliphatic carbocycles. The highest BCUT2D eigenvalue weighted by molar-refractivity contribution is 7.88. The van der Waals surface area contributed by atoms with E-state index in [1.165, 1.54) is 0 Å². The molecule has 0 aromatic heterocycles. The van der Waals surface area contributed by atoms with Crippen LogP contribution in [0.15, 0.2) is 0 Å². The monoisotopic (exact) mass is 318 g/mol. The van der Waals surface area contributed by atoms with Crippen LogP contribution in [0.25, 0.3) is 0 Å². The standard InChI is InChI=1S/C14H26N2O4S/c1-11-9-16(10-12(2)20-11)13(17)14(15-21(3,18)19)7-5-4-6-8-14/h11-12,15H,4-10H2,1-3H3/t11-,12+. The summed E-state index contributed by atoms with van der Waals surface area (Å²) in [6, 6.07) is 0. The van der Waals surface area contributed by atoms with Crippen molar-refractivity contribution in [2.75, 3.05) is 19.3 Å². The molecule has 2 rings (SSSR count). The maximum absolute atomic E-state index is 13.0. The highest BCUT2D eigenvalue weighted by atomic mass is 32.2. The van der Waals surface area contributed by atoms with Crippen molar-refractivity contribution in [1.82, 2.24) is 9.62 Å². The maximum Gasteiger partial charge on any atom is 0.244 e. The molecule has 0 aromatic carbocycles. The molecule has 1 aliphatic heterocycles. The minimum absolute atomic E-state index is 0.0171. The van der Waals surface area contributed by atoms with E-state index in [-0.39, 0.29) is 18.1 Å². The normalized spacial score (nSPS) is 30.1. The molecule has 1 saturated carbocycles. The Morgan fingerprint density at radius 3 is 2.14 bits per heavy atom. The summed E-state index contributed by atoms with van der Waals surface area (Å²) in [7, 11) is -3.42. The number of carbonyl (C=O) groups is 1. The van der Waals surface area contributed by atoms with Crippen LogP contribution < -0.4 is 4.72 Å². The van der Waals surface area contributed by atoms with Crippen molar-refractivity contribution >= 4 is 15.9 Å². The van der Waals surface area contributed by atoms with Crippen LogP contribution >= 0.6 is 0 Å². The number of morpholine rings is 1. The van der Waals surface area contributed by atoms with E-state index in [9.17, 15) is 13.2 Å². The number of rotatable bonds is 3.